The monoisotopic (exact) mass is 442 g/mol. The summed E-state index contributed by atoms with van der Waals surface area (Å²) < 4.78 is 60.9. The normalized spacial score (nSPS) is 15.0. The molecule has 2 aromatic rings. The largest absolute Gasteiger partial charge is 0.516 e. The third-order valence-corrected chi connectivity index (χ3v) is 5.76. The fraction of sp³-hybridized carbons (Fsp3) is 0.368. The van der Waals surface area contributed by atoms with E-state index in [0.717, 1.165) is 49.4 Å². The molecule has 1 aliphatic heterocycles. The molecule has 162 valence electrons. The molecule has 0 aliphatic carbocycles. The lowest BCUT2D eigenvalue weighted by atomic mass is 10.1. The molecule has 0 radical (unpaired) electrons. The molecule has 0 spiro atoms. The highest BCUT2D eigenvalue weighted by Gasteiger charge is 2.46. The average Bonchev–Trinajstić information content (AvgIpc) is 2.72. The van der Waals surface area contributed by atoms with E-state index in [1.165, 1.54) is 23.3 Å². The molecule has 3 rings (SSSR count). The Kier molecular flexibility index (Phi) is 6.49. The minimum Gasteiger partial charge on any atom is -0.357 e. The number of nitrogens with one attached hydrogen (secondary N) is 2. The van der Waals surface area contributed by atoms with Crippen molar-refractivity contribution in [1.29, 1.82) is 0 Å². The van der Waals surface area contributed by atoms with Gasteiger partial charge in [-0.25, -0.2) is 4.98 Å². The number of hydrogen-bond donors (Lipinski definition) is 2. The summed E-state index contributed by atoms with van der Waals surface area (Å²) in [6, 6.07) is 8.39. The second-order valence-corrected chi connectivity index (χ2v) is 8.56. The fourth-order valence-electron chi connectivity index (χ4n) is 3.05. The standard InChI is InChI=1S/C19H21F3N4O3S/c20-19(21,22)30(28,29)25-16-6-4-15(5-7-16)18(27)24-13-14-8-9-23-17(12-14)26-10-2-1-3-11-26/h4-9,12,25H,1-3,10-11,13H2,(H,24,27). The van der Waals surface area contributed by atoms with Gasteiger partial charge in [-0.2, -0.15) is 21.6 Å². The number of anilines is 2. The van der Waals surface area contributed by atoms with Gasteiger partial charge in [0, 0.05) is 37.1 Å². The summed E-state index contributed by atoms with van der Waals surface area (Å²) >= 11 is 0. The van der Waals surface area contributed by atoms with Crippen LogP contribution in [-0.4, -0.2) is 37.9 Å². The molecule has 2 N–H and O–H groups in total. The summed E-state index contributed by atoms with van der Waals surface area (Å²) in [6.07, 6.45) is 5.14. The number of carbonyl (C=O) groups excluding carboxylic acids is 1. The van der Waals surface area contributed by atoms with Crippen LogP contribution < -0.4 is 14.9 Å². The maximum absolute atomic E-state index is 12.4. The lowest BCUT2D eigenvalue weighted by Crippen LogP contribution is -2.30. The molecule has 1 amide bonds. The van der Waals surface area contributed by atoms with Crippen molar-refractivity contribution in [3.8, 4) is 0 Å². The van der Waals surface area contributed by atoms with Crippen LogP contribution in [0.25, 0.3) is 0 Å². The molecular weight excluding hydrogens is 421 g/mol. The first kappa shape index (κ1) is 21.9. The molecular formula is C19H21F3N4O3S. The van der Waals surface area contributed by atoms with Crippen LogP contribution in [0.3, 0.4) is 0 Å². The highest BCUT2D eigenvalue weighted by Crippen LogP contribution is 2.25. The molecule has 1 fully saturated rings. The molecule has 0 atom stereocenters. The first-order valence-electron chi connectivity index (χ1n) is 9.33. The second kappa shape index (κ2) is 8.90. The molecule has 2 heterocycles. The van der Waals surface area contributed by atoms with Gasteiger partial charge in [0.1, 0.15) is 5.82 Å². The third kappa shape index (κ3) is 5.41. The Labute approximate surface area is 172 Å². The summed E-state index contributed by atoms with van der Waals surface area (Å²) in [7, 11) is -5.50. The first-order chi connectivity index (χ1) is 14.2. The number of pyridine rings is 1. The minimum atomic E-state index is -5.50. The van der Waals surface area contributed by atoms with Gasteiger partial charge in [0.15, 0.2) is 0 Å². The quantitative estimate of drug-likeness (QED) is 0.717. The lowest BCUT2D eigenvalue weighted by molar-refractivity contribution is -0.0429. The number of benzene rings is 1. The summed E-state index contributed by atoms with van der Waals surface area (Å²) in [6.45, 7) is 2.16. The number of halogens is 3. The van der Waals surface area contributed by atoms with Crippen LogP contribution in [0.4, 0.5) is 24.7 Å². The van der Waals surface area contributed by atoms with E-state index in [9.17, 15) is 26.4 Å². The molecule has 7 nitrogen and oxygen atoms in total. The number of piperidine rings is 1. The second-order valence-electron chi connectivity index (χ2n) is 6.88. The molecule has 0 saturated carbocycles. The maximum Gasteiger partial charge on any atom is 0.516 e. The van der Waals surface area contributed by atoms with Gasteiger partial charge >= 0.3 is 15.5 Å². The smallest absolute Gasteiger partial charge is 0.357 e. The van der Waals surface area contributed by atoms with Crippen LogP contribution in [0.5, 0.6) is 0 Å². The Balaban J connectivity index is 1.59. The molecule has 30 heavy (non-hydrogen) atoms. The zero-order valence-electron chi connectivity index (χ0n) is 15.9. The van der Waals surface area contributed by atoms with Crippen LogP contribution in [0.2, 0.25) is 0 Å². The van der Waals surface area contributed by atoms with Gasteiger partial charge in [-0.1, -0.05) is 0 Å². The maximum atomic E-state index is 12.4. The molecule has 1 aromatic heterocycles. The van der Waals surface area contributed by atoms with Crippen molar-refractivity contribution in [3.05, 3.63) is 53.7 Å². The topological polar surface area (TPSA) is 91.4 Å². The Morgan fingerprint density at radius 1 is 1.07 bits per heavy atom. The van der Waals surface area contributed by atoms with Gasteiger partial charge in [-0.3, -0.25) is 9.52 Å². The van der Waals surface area contributed by atoms with E-state index >= 15 is 0 Å². The Bertz CT molecular complexity index is 989. The summed E-state index contributed by atoms with van der Waals surface area (Å²) in [5.74, 6) is 0.430. The Morgan fingerprint density at radius 3 is 2.37 bits per heavy atom. The van der Waals surface area contributed by atoms with Gasteiger partial charge in [-0.05, 0) is 61.2 Å². The third-order valence-electron chi connectivity index (χ3n) is 4.65. The van der Waals surface area contributed by atoms with Crippen molar-refractivity contribution in [2.45, 2.75) is 31.3 Å². The number of hydrogen-bond acceptors (Lipinski definition) is 5. The number of rotatable bonds is 6. The molecule has 1 aromatic carbocycles. The van der Waals surface area contributed by atoms with Gasteiger partial charge in [0.25, 0.3) is 5.91 Å². The van der Waals surface area contributed by atoms with E-state index in [4.69, 9.17) is 0 Å². The summed E-state index contributed by atoms with van der Waals surface area (Å²) in [5, 5.41) is 2.73. The number of nitrogens with zero attached hydrogens (tertiary/aromatic N) is 2. The zero-order valence-corrected chi connectivity index (χ0v) is 16.8. The lowest BCUT2D eigenvalue weighted by Gasteiger charge is -2.27. The number of carbonyl (C=O) groups is 1. The molecule has 11 heteroatoms. The Morgan fingerprint density at radius 2 is 1.73 bits per heavy atom. The van der Waals surface area contributed by atoms with E-state index in [2.05, 4.69) is 15.2 Å². The Hall–Kier alpha value is -2.82. The highest BCUT2D eigenvalue weighted by molar-refractivity contribution is 7.93. The van der Waals surface area contributed by atoms with Gasteiger partial charge in [0.2, 0.25) is 0 Å². The van der Waals surface area contributed by atoms with Gasteiger partial charge < -0.3 is 10.2 Å². The van der Waals surface area contributed by atoms with Crippen molar-refractivity contribution in [1.82, 2.24) is 10.3 Å². The van der Waals surface area contributed by atoms with Crippen LogP contribution in [0, 0.1) is 0 Å². The van der Waals surface area contributed by atoms with Gasteiger partial charge in [-0.15, -0.1) is 0 Å². The van der Waals surface area contributed by atoms with Crippen LogP contribution >= 0.6 is 0 Å². The zero-order chi connectivity index (χ0) is 21.8. The van der Waals surface area contributed by atoms with Crippen molar-refractivity contribution in [3.63, 3.8) is 0 Å². The van der Waals surface area contributed by atoms with Crippen molar-refractivity contribution >= 4 is 27.4 Å². The molecule has 1 aliphatic rings. The fourth-order valence-corrected chi connectivity index (χ4v) is 3.62. The van der Waals surface area contributed by atoms with Crippen LogP contribution in [0.15, 0.2) is 42.6 Å². The first-order valence-corrected chi connectivity index (χ1v) is 10.8. The number of amides is 1. The number of alkyl halides is 3. The van der Waals surface area contributed by atoms with Crippen LogP contribution in [0.1, 0.15) is 35.2 Å². The predicted octanol–water partition coefficient (Wildman–Crippen LogP) is 3.26. The average molecular weight is 442 g/mol. The van der Waals surface area contributed by atoms with E-state index in [-0.39, 0.29) is 17.8 Å². The van der Waals surface area contributed by atoms with E-state index in [0.29, 0.717) is 0 Å². The van der Waals surface area contributed by atoms with E-state index in [1.807, 2.05) is 6.07 Å². The SMILES string of the molecule is O=C(NCc1ccnc(N2CCCCC2)c1)c1ccc(NS(=O)(=O)C(F)(F)F)cc1. The predicted molar refractivity (Wildman–Crippen MR) is 107 cm³/mol. The van der Waals surface area contributed by atoms with Crippen molar-refractivity contribution in [2.75, 3.05) is 22.7 Å². The van der Waals surface area contributed by atoms with Crippen molar-refractivity contribution < 1.29 is 26.4 Å². The highest BCUT2D eigenvalue weighted by atomic mass is 32.2. The molecule has 0 unspecified atom stereocenters. The summed E-state index contributed by atoms with van der Waals surface area (Å²) in [5.41, 5.74) is -4.64. The number of aromatic nitrogens is 1. The van der Waals surface area contributed by atoms with E-state index in [1.54, 1.807) is 12.3 Å². The minimum absolute atomic E-state index is 0.190. The molecule has 1 saturated heterocycles. The van der Waals surface area contributed by atoms with Crippen molar-refractivity contribution in [2.24, 2.45) is 0 Å². The summed E-state index contributed by atoms with van der Waals surface area (Å²) in [4.78, 5) is 18.9. The number of sulfonamides is 1. The van der Waals surface area contributed by atoms with Gasteiger partial charge in [0.05, 0.1) is 0 Å². The van der Waals surface area contributed by atoms with Crippen LogP contribution in [-0.2, 0) is 16.6 Å². The van der Waals surface area contributed by atoms with E-state index < -0.39 is 21.4 Å². The molecule has 0 bridgehead atoms.